The Hall–Kier alpha value is -3.51. The van der Waals surface area contributed by atoms with E-state index in [1.807, 2.05) is 18.2 Å². The first-order valence-corrected chi connectivity index (χ1v) is 8.12. The van der Waals surface area contributed by atoms with Gasteiger partial charge in [-0.2, -0.15) is 0 Å². The number of amides is 1. The first-order chi connectivity index (χ1) is 13.1. The molecule has 6 heteroatoms. The summed E-state index contributed by atoms with van der Waals surface area (Å²) in [6.45, 7) is 0. The van der Waals surface area contributed by atoms with Crippen molar-refractivity contribution in [2.45, 2.75) is 0 Å². The molecule has 0 spiro atoms. The Morgan fingerprint density at radius 3 is 2.52 bits per heavy atom. The zero-order valence-corrected chi connectivity index (χ0v) is 14.5. The molecule has 0 aliphatic heterocycles. The van der Waals surface area contributed by atoms with Crippen molar-refractivity contribution in [2.24, 2.45) is 0 Å². The lowest BCUT2D eigenvalue weighted by Crippen LogP contribution is -2.18. The van der Waals surface area contributed by atoms with Gasteiger partial charge in [-0.25, -0.2) is 9.87 Å². The third-order valence-electron chi connectivity index (χ3n) is 3.97. The molecule has 1 aromatic heterocycles. The van der Waals surface area contributed by atoms with Crippen LogP contribution in [-0.2, 0) is 0 Å². The van der Waals surface area contributed by atoms with Gasteiger partial charge in [-0.05, 0) is 47.5 Å². The van der Waals surface area contributed by atoms with Gasteiger partial charge in [0.2, 0.25) is 0 Å². The van der Waals surface area contributed by atoms with Crippen molar-refractivity contribution in [3.63, 3.8) is 0 Å². The van der Waals surface area contributed by atoms with Gasteiger partial charge in [0.05, 0.1) is 7.11 Å². The van der Waals surface area contributed by atoms with Crippen LogP contribution in [0.25, 0.3) is 23.3 Å². The maximum Gasteiger partial charge on any atom is 0.274 e. The van der Waals surface area contributed by atoms with E-state index in [0.717, 1.165) is 16.7 Å². The molecule has 2 N–H and O–H groups in total. The summed E-state index contributed by atoms with van der Waals surface area (Å²) in [5, 5.41) is 8.63. The molecule has 0 bridgehead atoms. The molecule has 1 heterocycles. The van der Waals surface area contributed by atoms with Crippen molar-refractivity contribution < 1.29 is 19.1 Å². The van der Waals surface area contributed by atoms with Crippen molar-refractivity contribution in [1.29, 1.82) is 0 Å². The van der Waals surface area contributed by atoms with Gasteiger partial charge < -0.3 is 4.74 Å². The lowest BCUT2D eigenvalue weighted by atomic mass is 10.0. The fourth-order valence-corrected chi connectivity index (χ4v) is 2.60. The molecule has 0 unspecified atom stereocenters. The first kappa shape index (κ1) is 18.3. The fraction of sp³-hybridized carbons (Fsp3) is 0.0476. The molecule has 5 nitrogen and oxygen atoms in total. The molecule has 136 valence electrons. The summed E-state index contributed by atoms with van der Waals surface area (Å²) in [5.74, 6) is -0.345. The van der Waals surface area contributed by atoms with E-state index < -0.39 is 5.91 Å². The molecule has 3 rings (SSSR count). The molecule has 0 saturated heterocycles. The van der Waals surface area contributed by atoms with Crippen molar-refractivity contribution in [1.82, 2.24) is 10.5 Å². The summed E-state index contributed by atoms with van der Waals surface area (Å²) in [6, 6.07) is 13.0. The van der Waals surface area contributed by atoms with Gasteiger partial charge in [-0.1, -0.05) is 24.3 Å². The number of halogens is 1. The predicted octanol–water partition coefficient (Wildman–Crippen LogP) is 4.19. The lowest BCUT2D eigenvalue weighted by Gasteiger charge is -2.09. The van der Waals surface area contributed by atoms with Crippen LogP contribution in [0.2, 0.25) is 0 Å². The summed E-state index contributed by atoms with van der Waals surface area (Å²) in [7, 11) is 1.54. The molecule has 0 fully saturated rings. The second kappa shape index (κ2) is 8.25. The summed E-state index contributed by atoms with van der Waals surface area (Å²) >= 11 is 0. The highest BCUT2D eigenvalue weighted by Crippen LogP contribution is 2.30. The highest BCUT2D eigenvalue weighted by Gasteiger charge is 2.08. The number of hydrogen-bond donors (Lipinski definition) is 2. The van der Waals surface area contributed by atoms with Gasteiger partial charge in [0.25, 0.3) is 5.91 Å². The van der Waals surface area contributed by atoms with Crippen molar-refractivity contribution in [3.05, 3.63) is 83.4 Å². The van der Waals surface area contributed by atoms with E-state index in [9.17, 15) is 9.18 Å². The third kappa shape index (κ3) is 4.37. The van der Waals surface area contributed by atoms with Crippen LogP contribution in [0.1, 0.15) is 21.5 Å². The number of nitrogens with one attached hydrogen (secondary N) is 1. The topological polar surface area (TPSA) is 71.5 Å². The summed E-state index contributed by atoms with van der Waals surface area (Å²) in [4.78, 5) is 15.5. The minimum Gasteiger partial charge on any atom is -0.496 e. The van der Waals surface area contributed by atoms with Crippen LogP contribution in [0.4, 0.5) is 4.39 Å². The third-order valence-corrected chi connectivity index (χ3v) is 3.97. The predicted molar refractivity (Wildman–Crippen MR) is 101 cm³/mol. The molecular weight excluding hydrogens is 347 g/mol. The minimum atomic E-state index is -0.563. The van der Waals surface area contributed by atoms with E-state index in [0.29, 0.717) is 16.9 Å². The Kier molecular flexibility index (Phi) is 5.58. The van der Waals surface area contributed by atoms with Crippen molar-refractivity contribution >= 4 is 18.1 Å². The monoisotopic (exact) mass is 364 g/mol. The number of aromatic nitrogens is 1. The standard InChI is InChI=1S/C21H17FN2O3/c1-27-20-9-8-18(22)11-19(20)17-10-15(12-23-13-17)3-2-14-4-6-16(7-5-14)21(25)24-26/h2-13,26H,1H3,(H,24,25)/b3-2+. The van der Waals surface area contributed by atoms with Gasteiger partial charge >= 0.3 is 0 Å². The average molecular weight is 364 g/mol. The number of ether oxygens (including phenoxy) is 1. The van der Waals surface area contributed by atoms with Crippen LogP contribution < -0.4 is 10.2 Å². The number of rotatable bonds is 5. The first-order valence-electron chi connectivity index (χ1n) is 8.12. The number of nitrogens with zero attached hydrogens (tertiary/aromatic N) is 1. The molecule has 27 heavy (non-hydrogen) atoms. The molecule has 2 aromatic carbocycles. The average Bonchev–Trinajstić information content (AvgIpc) is 2.72. The van der Waals surface area contributed by atoms with Crippen LogP contribution in [0.3, 0.4) is 0 Å². The molecule has 0 aliphatic rings. The molecule has 0 aliphatic carbocycles. The molecule has 0 radical (unpaired) electrons. The van der Waals surface area contributed by atoms with E-state index in [4.69, 9.17) is 9.94 Å². The van der Waals surface area contributed by atoms with E-state index >= 15 is 0 Å². The van der Waals surface area contributed by atoms with E-state index in [-0.39, 0.29) is 5.82 Å². The minimum absolute atomic E-state index is 0.348. The normalized spacial score (nSPS) is 10.8. The Balaban J connectivity index is 1.85. The zero-order chi connectivity index (χ0) is 19.2. The van der Waals surface area contributed by atoms with Gasteiger partial charge in [0.15, 0.2) is 0 Å². The van der Waals surface area contributed by atoms with E-state index in [2.05, 4.69) is 4.98 Å². The van der Waals surface area contributed by atoms with Crippen LogP contribution in [0, 0.1) is 5.82 Å². The van der Waals surface area contributed by atoms with Crippen molar-refractivity contribution in [3.8, 4) is 16.9 Å². The largest absolute Gasteiger partial charge is 0.496 e. The molecule has 1 amide bonds. The van der Waals surface area contributed by atoms with Gasteiger partial charge in [0.1, 0.15) is 11.6 Å². The Labute approximate surface area is 155 Å². The second-order valence-electron chi connectivity index (χ2n) is 5.75. The van der Waals surface area contributed by atoms with Crippen LogP contribution in [-0.4, -0.2) is 23.2 Å². The van der Waals surface area contributed by atoms with Gasteiger partial charge in [-0.3, -0.25) is 15.0 Å². The smallest absolute Gasteiger partial charge is 0.274 e. The van der Waals surface area contributed by atoms with Crippen LogP contribution in [0.5, 0.6) is 5.75 Å². The van der Waals surface area contributed by atoms with Crippen LogP contribution in [0.15, 0.2) is 60.9 Å². The summed E-state index contributed by atoms with van der Waals surface area (Å²) < 4.78 is 18.9. The SMILES string of the molecule is COc1ccc(F)cc1-c1cncc(/C=C/c2ccc(C(=O)NO)cc2)c1. The summed E-state index contributed by atoms with van der Waals surface area (Å²) in [6.07, 6.45) is 7.07. The molecule has 3 aromatic rings. The summed E-state index contributed by atoms with van der Waals surface area (Å²) in [5.41, 5.74) is 5.02. The Morgan fingerprint density at radius 1 is 1.07 bits per heavy atom. The Morgan fingerprint density at radius 2 is 1.81 bits per heavy atom. The zero-order valence-electron chi connectivity index (χ0n) is 14.5. The molecule has 0 atom stereocenters. The van der Waals surface area contributed by atoms with Gasteiger partial charge in [-0.15, -0.1) is 0 Å². The number of methoxy groups -OCH3 is 1. The quantitative estimate of drug-likeness (QED) is 0.526. The number of pyridine rings is 1. The van der Waals surface area contributed by atoms with Crippen LogP contribution >= 0.6 is 0 Å². The highest BCUT2D eigenvalue weighted by molar-refractivity contribution is 5.93. The maximum absolute atomic E-state index is 13.6. The van der Waals surface area contributed by atoms with E-state index in [1.165, 1.54) is 19.2 Å². The number of hydrogen-bond acceptors (Lipinski definition) is 4. The Bertz CT molecular complexity index is 985. The second-order valence-corrected chi connectivity index (χ2v) is 5.75. The number of carbonyl (C=O) groups is 1. The fourth-order valence-electron chi connectivity index (χ4n) is 2.60. The number of carbonyl (C=O) groups excluding carboxylic acids is 1. The van der Waals surface area contributed by atoms with Crippen molar-refractivity contribution in [2.75, 3.05) is 7.11 Å². The molecular formula is C21H17FN2O3. The number of benzene rings is 2. The number of hydroxylamine groups is 1. The highest BCUT2D eigenvalue weighted by atomic mass is 19.1. The van der Waals surface area contributed by atoms with Gasteiger partial charge in [0, 0.05) is 29.1 Å². The van der Waals surface area contributed by atoms with E-state index in [1.54, 1.807) is 48.2 Å². The molecule has 0 saturated carbocycles. The maximum atomic E-state index is 13.6. The lowest BCUT2D eigenvalue weighted by molar-refractivity contribution is 0.0706.